The molecule has 0 aliphatic heterocycles. The van der Waals surface area contributed by atoms with Gasteiger partial charge in [0.15, 0.2) is 6.23 Å². The van der Waals surface area contributed by atoms with Crippen LogP contribution < -0.4 is 4.74 Å². The molecule has 0 N–H and O–H groups in total. The summed E-state index contributed by atoms with van der Waals surface area (Å²) in [5, 5.41) is 0.662. The maximum atomic E-state index is 6.14. The van der Waals surface area contributed by atoms with Crippen LogP contribution in [0.3, 0.4) is 0 Å². The average Bonchev–Trinajstić information content (AvgIpc) is 2.85. The zero-order valence-electron chi connectivity index (χ0n) is 11.1. The normalized spacial score (nSPS) is 15.9. The highest BCUT2D eigenvalue weighted by Crippen LogP contribution is 2.29. The van der Waals surface area contributed by atoms with Crippen LogP contribution in [0, 0.1) is 0 Å². The van der Waals surface area contributed by atoms with E-state index in [-0.39, 0.29) is 6.23 Å². The smallest absolute Gasteiger partial charge is 0.173 e. The molecule has 3 rings (SSSR count). The van der Waals surface area contributed by atoms with Gasteiger partial charge in [0.25, 0.3) is 0 Å². The molecule has 0 unspecified atom stereocenters. The number of para-hydroxylation sites is 1. The molecule has 0 bridgehead atoms. The summed E-state index contributed by atoms with van der Waals surface area (Å²) >= 11 is 6.14. The van der Waals surface area contributed by atoms with E-state index in [0.29, 0.717) is 5.02 Å². The first kappa shape index (κ1) is 12.6. The Bertz CT molecular complexity index is 576. The van der Waals surface area contributed by atoms with Crippen molar-refractivity contribution in [2.75, 3.05) is 0 Å². The van der Waals surface area contributed by atoms with E-state index in [1.807, 2.05) is 24.3 Å². The fraction of sp³-hybridized carbons (Fsp3) is 0.375. The molecule has 2 nitrogen and oxygen atoms in total. The first-order valence-electron chi connectivity index (χ1n) is 6.85. The topological polar surface area (TPSA) is 14.2 Å². The van der Waals surface area contributed by atoms with Crippen molar-refractivity contribution in [1.82, 2.24) is 4.57 Å². The van der Waals surface area contributed by atoms with Crippen molar-refractivity contribution in [3.05, 3.63) is 52.8 Å². The van der Waals surface area contributed by atoms with Gasteiger partial charge in [-0.05, 0) is 56.4 Å². The molecule has 0 spiro atoms. The fourth-order valence-electron chi connectivity index (χ4n) is 2.77. The van der Waals surface area contributed by atoms with Crippen LogP contribution in [0.5, 0.6) is 5.75 Å². The third-order valence-corrected chi connectivity index (χ3v) is 4.07. The SMILES string of the molecule is C[C@@H](Oc1ccccc1Cl)n1ccc2c1CCCC2. The number of hydrogen-bond acceptors (Lipinski definition) is 1. The maximum absolute atomic E-state index is 6.14. The predicted octanol–water partition coefficient (Wildman–Crippen LogP) is 4.62. The zero-order valence-corrected chi connectivity index (χ0v) is 11.9. The van der Waals surface area contributed by atoms with E-state index < -0.39 is 0 Å². The van der Waals surface area contributed by atoms with E-state index in [9.17, 15) is 0 Å². The molecule has 1 aromatic carbocycles. The van der Waals surface area contributed by atoms with Gasteiger partial charge in [0.05, 0.1) is 5.02 Å². The largest absolute Gasteiger partial charge is 0.469 e. The Morgan fingerprint density at radius 1 is 1.16 bits per heavy atom. The minimum absolute atomic E-state index is 0.0262. The van der Waals surface area contributed by atoms with Crippen LogP contribution in [0.2, 0.25) is 5.02 Å². The molecule has 0 amide bonds. The molecule has 0 saturated carbocycles. The number of nitrogens with zero attached hydrogens (tertiary/aromatic N) is 1. The third-order valence-electron chi connectivity index (χ3n) is 3.75. The summed E-state index contributed by atoms with van der Waals surface area (Å²) in [6, 6.07) is 9.85. The van der Waals surface area contributed by atoms with Crippen molar-refractivity contribution >= 4 is 11.6 Å². The lowest BCUT2D eigenvalue weighted by Gasteiger charge is -2.22. The van der Waals surface area contributed by atoms with Crippen molar-refractivity contribution in [3.8, 4) is 5.75 Å². The second-order valence-electron chi connectivity index (χ2n) is 5.05. The van der Waals surface area contributed by atoms with Gasteiger partial charge in [-0.25, -0.2) is 0 Å². The molecule has 1 atom stereocenters. The Hall–Kier alpha value is -1.41. The number of aryl methyl sites for hydroxylation is 1. The van der Waals surface area contributed by atoms with Gasteiger partial charge in [0.2, 0.25) is 0 Å². The lowest BCUT2D eigenvalue weighted by Crippen LogP contribution is -2.16. The zero-order chi connectivity index (χ0) is 13.2. The molecule has 0 saturated heterocycles. The van der Waals surface area contributed by atoms with Crippen molar-refractivity contribution in [3.63, 3.8) is 0 Å². The lowest BCUT2D eigenvalue weighted by molar-refractivity contribution is 0.149. The summed E-state index contributed by atoms with van der Waals surface area (Å²) < 4.78 is 8.22. The number of ether oxygens (including phenoxy) is 1. The number of aromatic nitrogens is 1. The third kappa shape index (κ3) is 2.50. The van der Waals surface area contributed by atoms with Gasteiger partial charge in [-0.3, -0.25) is 0 Å². The molecule has 2 aromatic rings. The fourth-order valence-corrected chi connectivity index (χ4v) is 2.95. The molecule has 1 aliphatic rings. The average molecular weight is 276 g/mol. The second kappa shape index (κ2) is 5.30. The second-order valence-corrected chi connectivity index (χ2v) is 5.46. The standard InChI is InChI=1S/C16H18ClNO/c1-12(19-16-9-5-3-7-14(16)17)18-11-10-13-6-2-4-8-15(13)18/h3,5,7,9-12H,2,4,6,8H2,1H3/t12-/m1/s1. The molecular weight excluding hydrogens is 258 g/mol. The van der Waals surface area contributed by atoms with Gasteiger partial charge < -0.3 is 9.30 Å². The van der Waals surface area contributed by atoms with Crippen LogP contribution >= 0.6 is 11.6 Å². The molecule has 0 radical (unpaired) electrons. The monoisotopic (exact) mass is 275 g/mol. The Labute approximate surface area is 119 Å². The van der Waals surface area contributed by atoms with Gasteiger partial charge >= 0.3 is 0 Å². The van der Waals surface area contributed by atoms with Crippen LogP contribution in [0.15, 0.2) is 36.5 Å². The summed E-state index contributed by atoms with van der Waals surface area (Å²) in [6.45, 7) is 2.07. The van der Waals surface area contributed by atoms with E-state index in [4.69, 9.17) is 16.3 Å². The van der Waals surface area contributed by atoms with Gasteiger partial charge in [-0.1, -0.05) is 23.7 Å². The Balaban J connectivity index is 1.83. The Morgan fingerprint density at radius 3 is 2.79 bits per heavy atom. The van der Waals surface area contributed by atoms with E-state index in [2.05, 4.69) is 23.8 Å². The number of halogens is 1. The van der Waals surface area contributed by atoms with Crippen LogP contribution in [0.25, 0.3) is 0 Å². The minimum Gasteiger partial charge on any atom is -0.469 e. The van der Waals surface area contributed by atoms with Crippen LogP contribution in [-0.2, 0) is 12.8 Å². The van der Waals surface area contributed by atoms with E-state index >= 15 is 0 Å². The van der Waals surface area contributed by atoms with Crippen LogP contribution in [0.4, 0.5) is 0 Å². The Kier molecular flexibility index (Phi) is 3.52. The summed E-state index contributed by atoms with van der Waals surface area (Å²) in [7, 11) is 0. The first-order chi connectivity index (χ1) is 9.25. The molecule has 1 aromatic heterocycles. The van der Waals surface area contributed by atoms with Crippen LogP contribution in [-0.4, -0.2) is 4.57 Å². The highest BCUT2D eigenvalue weighted by Gasteiger charge is 2.17. The van der Waals surface area contributed by atoms with Crippen molar-refractivity contribution in [2.45, 2.75) is 38.8 Å². The van der Waals surface area contributed by atoms with Gasteiger partial charge in [-0.15, -0.1) is 0 Å². The van der Waals surface area contributed by atoms with E-state index in [1.54, 1.807) is 0 Å². The number of fused-ring (bicyclic) bond motifs is 1. The quantitative estimate of drug-likeness (QED) is 0.797. The first-order valence-corrected chi connectivity index (χ1v) is 7.23. The van der Waals surface area contributed by atoms with Crippen molar-refractivity contribution in [1.29, 1.82) is 0 Å². The van der Waals surface area contributed by atoms with Crippen molar-refractivity contribution < 1.29 is 4.74 Å². The highest BCUT2D eigenvalue weighted by molar-refractivity contribution is 6.32. The number of hydrogen-bond donors (Lipinski definition) is 0. The highest BCUT2D eigenvalue weighted by atomic mass is 35.5. The molecule has 19 heavy (non-hydrogen) atoms. The molecule has 3 heteroatoms. The van der Waals surface area contributed by atoms with Gasteiger partial charge in [0.1, 0.15) is 5.75 Å². The maximum Gasteiger partial charge on any atom is 0.173 e. The summed E-state index contributed by atoms with van der Waals surface area (Å²) in [4.78, 5) is 0. The Morgan fingerprint density at radius 2 is 1.95 bits per heavy atom. The predicted molar refractivity (Wildman–Crippen MR) is 77.9 cm³/mol. The van der Waals surface area contributed by atoms with E-state index in [0.717, 1.165) is 12.2 Å². The minimum atomic E-state index is -0.0262. The summed E-state index contributed by atoms with van der Waals surface area (Å²) in [5.74, 6) is 0.745. The molecule has 1 aliphatic carbocycles. The lowest BCUT2D eigenvalue weighted by atomic mass is 9.98. The van der Waals surface area contributed by atoms with Gasteiger partial charge in [0, 0.05) is 11.9 Å². The van der Waals surface area contributed by atoms with Gasteiger partial charge in [-0.2, -0.15) is 0 Å². The molecule has 1 heterocycles. The molecule has 100 valence electrons. The van der Waals surface area contributed by atoms with E-state index in [1.165, 1.54) is 30.5 Å². The summed E-state index contributed by atoms with van der Waals surface area (Å²) in [6.07, 6.45) is 7.03. The number of rotatable bonds is 3. The number of benzene rings is 1. The molecular formula is C16H18ClNO. The summed E-state index contributed by atoms with van der Waals surface area (Å²) in [5.41, 5.74) is 2.90. The van der Waals surface area contributed by atoms with Crippen molar-refractivity contribution in [2.24, 2.45) is 0 Å². The van der Waals surface area contributed by atoms with Crippen LogP contribution in [0.1, 0.15) is 37.3 Å². The molecule has 0 fully saturated rings.